The number of hydrogen-bond donors (Lipinski definition) is 0. The van der Waals surface area contributed by atoms with Gasteiger partial charge in [-0.05, 0) is 104 Å². The molecule has 0 spiro atoms. The lowest BCUT2D eigenvalue weighted by Gasteiger charge is -2.39. The summed E-state index contributed by atoms with van der Waals surface area (Å²) < 4.78 is 0. The van der Waals surface area contributed by atoms with E-state index in [4.69, 9.17) is 0 Å². The maximum Gasteiger partial charge on any atom is 0.0546 e. The third-order valence-corrected chi connectivity index (χ3v) is 11.3. The average molecular weight is 575 g/mol. The molecule has 0 saturated carbocycles. The van der Waals surface area contributed by atoms with Crippen LogP contribution in [0.1, 0.15) is 91.9 Å². The minimum absolute atomic E-state index is 0.401. The molecular weight excluding hydrogens is 532 g/mol. The van der Waals surface area contributed by atoms with Crippen LogP contribution in [0.25, 0.3) is 11.1 Å². The molecule has 3 aromatic carbocycles. The van der Waals surface area contributed by atoms with Gasteiger partial charge in [0.05, 0.1) is 6.04 Å². The lowest BCUT2D eigenvalue weighted by atomic mass is 9.80. The van der Waals surface area contributed by atoms with Crippen molar-refractivity contribution in [2.24, 2.45) is 0 Å². The zero-order valence-corrected chi connectivity index (χ0v) is 25.6. The van der Waals surface area contributed by atoms with Gasteiger partial charge < -0.3 is 9.80 Å². The van der Waals surface area contributed by atoms with Crippen LogP contribution in [-0.4, -0.2) is 18.1 Å². The molecular formula is C42H42N2. The molecule has 2 aliphatic heterocycles. The highest BCUT2D eigenvalue weighted by Gasteiger charge is 2.44. The molecule has 0 bridgehead atoms. The van der Waals surface area contributed by atoms with Crippen molar-refractivity contribution in [2.45, 2.75) is 87.7 Å². The molecule has 6 aliphatic rings. The Morgan fingerprint density at radius 2 is 1.64 bits per heavy atom. The fraction of sp³-hybridized carbons (Fsp3) is 0.333. The molecule has 4 aliphatic carbocycles. The van der Waals surface area contributed by atoms with Gasteiger partial charge in [-0.3, -0.25) is 0 Å². The van der Waals surface area contributed by atoms with Crippen molar-refractivity contribution in [3.05, 3.63) is 138 Å². The second-order valence-corrected chi connectivity index (χ2v) is 13.6. The second kappa shape index (κ2) is 10.8. The monoisotopic (exact) mass is 574 g/mol. The predicted octanol–water partition coefficient (Wildman–Crippen LogP) is 10.6. The molecule has 2 nitrogen and oxygen atoms in total. The lowest BCUT2D eigenvalue weighted by molar-refractivity contribution is 0.472. The van der Waals surface area contributed by atoms with Crippen molar-refractivity contribution in [1.29, 1.82) is 0 Å². The van der Waals surface area contributed by atoms with E-state index in [9.17, 15) is 0 Å². The smallest absolute Gasteiger partial charge is 0.0546 e. The predicted molar refractivity (Wildman–Crippen MR) is 186 cm³/mol. The molecule has 0 saturated heterocycles. The van der Waals surface area contributed by atoms with E-state index in [-0.39, 0.29) is 0 Å². The van der Waals surface area contributed by atoms with E-state index in [1.54, 1.807) is 16.8 Å². The SMILES string of the molecule is C1=CC(c2cccc(N3c4ccccc4C4C=C(c5cccc6c5N([C@@H]5CC=CCC5)C5C=CCCC65)CCC43)c2)=CCC1. The van der Waals surface area contributed by atoms with Gasteiger partial charge in [0, 0.05) is 46.5 Å². The van der Waals surface area contributed by atoms with Crippen LogP contribution in [0.4, 0.5) is 17.1 Å². The first kappa shape index (κ1) is 26.4. The van der Waals surface area contributed by atoms with Gasteiger partial charge in [0.2, 0.25) is 0 Å². The van der Waals surface area contributed by atoms with Crippen molar-refractivity contribution >= 4 is 28.2 Å². The molecule has 0 amide bonds. The molecule has 2 heteroatoms. The highest BCUT2D eigenvalue weighted by Crippen LogP contribution is 2.55. The summed E-state index contributed by atoms with van der Waals surface area (Å²) >= 11 is 0. The molecule has 2 heterocycles. The molecule has 0 N–H and O–H groups in total. The van der Waals surface area contributed by atoms with Crippen molar-refractivity contribution in [3.8, 4) is 0 Å². The Balaban J connectivity index is 1.12. The van der Waals surface area contributed by atoms with Gasteiger partial charge >= 0.3 is 0 Å². The van der Waals surface area contributed by atoms with E-state index in [1.807, 2.05) is 0 Å². The van der Waals surface area contributed by atoms with Gasteiger partial charge in [-0.25, -0.2) is 0 Å². The van der Waals surface area contributed by atoms with Crippen LogP contribution in [0.15, 0.2) is 115 Å². The standard InChI is InChI=1S/C42H42N2/c1-3-13-29(14-4-1)30-15-11-18-33(27-30)43-39-23-9-8-20-36(39)38-28-31(25-26-41(38)43)34-21-12-22-37-35-19-7-10-24-40(35)44(42(34)37)32-16-5-2-6-17-32/h2-3,5,8-15,18,20-24,27-28,32,35,38,40-41H,1,4,6-7,16-17,19,25-26H2/t32-,35?,38?,40?,41?/m1/s1. The van der Waals surface area contributed by atoms with E-state index in [0.29, 0.717) is 30.0 Å². The van der Waals surface area contributed by atoms with Crippen molar-refractivity contribution < 1.29 is 0 Å². The highest BCUT2D eigenvalue weighted by atomic mass is 15.2. The summed E-state index contributed by atoms with van der Waals surface area (Å²) in [6.07, 6.45) is 30.2. The molecule has 5 atom stereocenters. The first-order valence-electron chi connectivity index (χ1n) is 17.1. The van der Waals surface area contributed by atoms with Crippen molar-refractivity contribution in [1.82, 2.24) is 0 Å². The van der Waals surface area contributed by atoms with E-state index >= 15 is 0 Å². The second-order valence-electron chi connectivity index (χ2n) is 13.6. The topological polar surface area (TPSA) is 6.48 Å². The van der Waals surface area contributed by atoms with Crippen molar-refractivity contribution in [3.63, 3.8) is 0 Å². The third kappa shape index (κ3) is 4.21. The van der Waals surface area contributed by atoms with Gasteiger partial charge in [-0.15, -0.1) is 0 Å². The quantitative estimate of drug-likeness (QED) is 0.286. The summed E-state index contributed by atoms with van der Waals surface area (Å²) in [5.74, 6) is 1.03. The van der Waals surface area contributed by atoms with Gasteiger partial charge in [0.15, 0.2) is 0 Å². The Labute approximate surface area is 262 Å². The number of fused-ring (bicyclic) bond motifs is 6. The molecule has 0 radical (unpaired) electrons. The van der Waals surface area contributed by atoms with Gasteiger partial charge in [0.25, 0.3) is 0 Å². The van der Waals surface area contributed by atoms with Crippen LogP contribution >= 0.6 is 0 Å². The Kier molecular flexibility index (Phi) is 6.50. The molecule has 0 fully saturated rings. The minimum Gasteiger partial charge on any atom is -0.360 e. The van der Waals surface area contributed by atoms with Crippen LogP contribution in [0.2, 0.25) is 0 Å². The first-order chi connectivity index (χ1) is 21.8. The van der Waals surface area contributed by atoms with Gasteiger partial charge in [0.1, 0.15) is 0 Å². The number of benzene rings is 3. The Morgan fingerprint density at radius 1 is 0.727 bits per heavy atom. The maximum absolute atomic E-state index is 2.87. The molecule has 220 valence electrons. The molecule has 4 unspecified atom stereocenters. The minimum atomic E-state index is 0.401. The number of rotatable bonds is 4. The highest BCUT2D eigenvalue weighted by molar-refractivity contribution is 5.86. The average Bonchev–Trinajstić information content (AvgIpc) is 3.62. The van der Waals surface area contributed by atoms with Crippen LogP contribution in [0.3, 0.4) is 0 Å². The molecule has 9 rings (SSSR count). The van der Waals surface area contributed by atoms with Crippen molar-refractivity contribution in [2.75, 3.05) is 9.80 Å². The number of para-hydroxylation sites is 2. The Bertz CT molecular complexity index is 1750. The van der Waals surface area contributed by atoms with Crippen LogP contribution in [0.5, 0.6) is 0 Å². The normalized spacial score (nSPS) is 28.2. The van der Waals surface area contributed by atoms with Gasteiger partial charge in [-0.2, -0.15) is 0 Å². The van der Waals surface area contributed by atoms with E-state index < -0.39 is 0 Å². The summed E-state index contributed by atoms with van der Waals surface area (Å²) in [5.41, 5.74) is 13.1. The summed E-state index contributed by atoms with van der Waals surface area (Å²) in [5, 5.41) is 0. The largest absolute Gasteiger partial charge is 0.360 e. The number of hydrogen-bond acceptors (Lipinski definition) is 2. The van der Waals surface area contributed by atoms with Crippen LogP contribution in [-0.2, 0) is 0 Å². The van der Waals surface area contributed by atoms with E-state index in [0.717, 1.165) is 19.3 Å². The molecule has 0 aromatic heterocycles. The first-order valence-corrected chi connectivity index (χ1v) is 17.1. The fourth-order valence-electron chi connectivity index (χ4n) is 9.32. The summed E-state index contributed by atoms with van der Waals surface area (Å²) in [6.45, 7) is 0. The number of anilines is 3. The number of nitrogens with zero attached hydrogens (tertiary/aromatic N) is 2. The summed E-state index contributed by atoms with van der Waals surface area (Å²) in [7, 11) is 0. The zero-order chi connectivity index (χ0) is 29.0. The van der Waals surface area contributed by atoms with Crippen LogP contribution in [0, 0.1) is 0 Å². The third-order valence-electron chi connectivity index (χ3n) is 11.3. The zero-order valence-electron chi connectivity index (χ0n) is 25.6. The van der Waals surface area contributed by atoms with Gasteiger partial charge in [-0.1, -0.05) is 97.1 Å². The summed E-state index contributed by atoms with van der Waals surface area (Å²) in [6, 6.07) is 27.3. The van der Waals surface area contributed by atoms with E-state index in [2.05, 4.69) is 125 Å². The van der Waals surface area contributed by atoms with Crippen LogP contribution < -0.4 is 9.80 Å². The summed E-state index contributed by atoms with van der Waals surface area (Å²) in [4.78, 5) is 5.54. The maximum atomic E-state index is 2.87. The lowest BCUT2D eigenvalue weighted by Crippen LogP contribution is -2.42. The number of allylic oxidation sites excluding steroid dienone is 7. The Hall–Kier alpha value is -4.04. The molecule has 44 heavy (non-hydrogen) atoms. The van der Waals surface area contributed by atoms with E-state index in [1.165, 1.54) is 72.2 Å². The molecule has 3 aromatic rings. The Morgan fingerprint density at radius 3 is 2.55 bits per heavy atom. The fourth-order valence-corrected chi connectivity index (χ4v) is 9.32.